The predicted octanol–water partition coefficient (Wildman–Crippen LogP) is 4.53. The van der Waals surface area contributed by atoms with Crippen LogP contribution in [0.25, 0.3) is 0 Å². The van der Waals surface area contributed by atoms with E-state index in [1.54, 1.807) is 41.5 Å². The van der Waals surface area contributed by atoms with Crippen molar-refractivity contribution in [3.8, 4) is 11.5 Å². The van der Waals surface area contributed by atoms with E-state index in [0.717, 1.165) is 0 Å². The van der Waals surface area contributed by atoms with Crippen molar-refractivity contribution in [2.24, 2.45) is 11.7 Å². The number of esters is 1. The van der Waals surface area contributed by atoms with Crippen LogP contribution < -0.4 is 15.2 Å². The highest BCUT2D eigenvalue weighted by molar-refractivity contribution is 5.76. The Kier molecular flexibility index (Phi) is 13.4. The monoisotopic (exact) mass is 541 g/mol. The zero-order valence-electron chi connectivity index (χ0n) is 23.2. The van der Waals surface area contributed by atoms with E-state index in [4.69, 9.17) is 38.9 Å². The fraction of sp³-hybridized carbons (Fsp3) is 0.615. The van der Waals surface area contributed by atoms with Crippen LogP contribution in [0.15, 0.2) is 18.2 Å². The fourth-order valence-corrected chi connectivity index (χ4v) is 2.68. The molecule has 0 aliphatic heterocycles. The van der Waals surface area contributed by atoms with Gasteiger partial charge in [-0.1, -0.05) is 19.9 Å². The Hall–Kier alpha value is -3.54. The van der Waals surface area contributed by atoms with Gasteiger partial charge < -0.3 is 38.9 Å². The number of benzene rings is 1. The summed E-state index contributed by atoms with van der Waals surface area (Å²) in [5, 5.41) is 0. The minimum atomic E-state index is -1.11. The van der Waals surface area contributed by atoms with Crippen LogP contribution in [-0.4, -0.2) is 61.5 Å². The van der Waals surface area contributed by atoms with Gasteiger partial charge in [-0.05, 0) is 71.6 Å². The largest absolute Gasteiger partial charge is 0.514 e. The van der Waals surface area contributed by atoms with Crippen LogP contribution >= 0.6 is 0 Å². The van der Waals surface area contributed by atoms with Crippen LogP contribution in [-0.2, 0) is 34.9 Å². The molecule has 38 heavy (non-hydrogen) atoms. The molecule has 2 N–H and O–H groups in total. The average molecular weight is 542 g/mol. The van der Waals surface area contributed by atoms with Crippen molar-refractivity contribution < 1.29 is 52.3 Å². The topological polar surface area (TPSA) is 159 Å². The van der Waals surface area contributed by atoms with Crippen LogP contribution in [0.5, 0.6) is 11.5 Å². The summed E-state index contributed by atoms with van der Waals surface area (Å²) in [4.78, 5) is 48.3. The number of hydrogen-bond acceptors (Lipinski definition) is 12. The third-order valence-corrected chi connectivity index (χ3v) is 4.60. The van der Waals surface area contributed by atoms with Crippen LogP contribution in [0, 0.1) is 5.92 Å². The first kappa shape index (κ1) is 32.5. The van der Waals surface area contributed by atoms with Gasteiger partial charge in [0.2, 0.25) is 0 Å². The zero-order chi connectivity index (χ0) is 29.0. The van der Waals surface area contributed by atoms with Crippen molar-refractivity contribution in [3.05, 3.63) is 23.8 Å². The molecule has 0 spiro atoms. The van der Waals surface area contributed by atoms with Crippen molar-refractivity contribution in [2.45, 2.75) is 92.3 Å². The third kappa shape index (κ3) is 12.6. The second-order valence-corrected chi connectivity index (χ2v) is 9.55. The van der Waals surface area contributed by atoms with Gasteiger partial charge in [0, 0.05) is 0 Å². The van der Waals surface area contributed by atoms with E-state index in [9.17, 15) is 19.2 Å². The van der Waals surface area contributed by atoms with E-state index in [-0.39, 0.29) is 30.4 Å². The normalized spacial score (nSPS) is 13.4. The molecule has 0 aliphatic carbocycles. The lowest BCUT2D eigenvalue weighted by Crippen LogP contribution is -2.39. The summed E-state index contributed by atoms with van der Waals surface area (Å²) in [6.07, 6.45) is -5.33. The van der Waals surface area contributed by atoms with Gasteiger partial charge in [0.05, 0.1) is 18.8 Å². The first-order chi connectivity index (χ1) is 17.7. The quantitative estimate of drug-likeness (QED) is 0.224. The summed E-state index contributed by atoms with van der Waals surface area (Å²) >= 11 is 0. The van der Waals surface area contributed by atoms with E-state index in [0.29, 0.717) is 5.56 Å². The molecule has 0 heterocycles. The van der Waals surface area contributed by atoms with Crippen molar-refractivity contribution in [3.63, 3.8) is 0 Å². The van der Waals surface area contributed by atoms with E-state index in [1.807, 2.05) is 13.8 Å². The molecule has 0 bridgehead atoms. The Morgan fingerprint density at radius 3 is 1.76 bits per heavy atom. The molecule has 1 rings (SSSR count). The number of ether oxygens (including phenoxy) is 7. The molecule has 12 nitrogen and oxygen atoms in total. The molecular weight excluding hydrogens is 502 g/mol. The maximum atomic E-state index is 12.6. The van der Waals surface area contributed by atoms with Gasteiger partial charge in [0.15, 0.2) is 11.5 Å². The number of hydrogen-bond donors (Lipinski definition) is 1. The van der Waals surface area contributed by atoms with Crippen LogP contribution in [0.1, 0.15) is 61.0 Å². The van der Waals surface area contributed by atoms with Gasteiger partial charge in [0.1, 0.15) is 18.2 Å². The van der Waals surface area contributed by atoms with Crippen molar-refractivity contribution in [2.75, 3.05) is 6.61 Å². The Labute approximate surface area is 223 Å². The Bertz CT molecular complexity index is 945. The van der Waals surface area contributed by atoms with Crippen molar-refractivity contribution in [1.82, 2.24) is 0 Å². The Balaban J connectivity index is 2.87. The van der Waals surface area contributed by atoms with Gasteiger partial charge in [-0.25, -0.2) is 14.4 Å². The summed E-state index contributed by atoms with van der Waals surface area (Å²) in [5.41, 5.74) is 6.50. The standard InChI is InChI=1S/C26H39NO11/c1-14(2)13-32-24(29)36-18(8)17(7)35-23(28)20(27)11-19-9-10-21(37-25(30)33-15(3)4)22(12-19)38-26(31)34-16(5)6/h9-10,12,14-18,20H,11,13,27H2,1-8H3/t17-,18-,20-/m0/s1. The highest BCUT2D eigenvalue weighted by Crippen LogP contribution is 2.30. The molecule has 0 fully saturated rings. The maximum Gasteiger partial charge on any atom is 0.514 e. The molecule has 1 aromatic rings. The van der Waals surface area contributed by atoms with E-state index in [2.05, 4.69) is 0 Å². The number of rotatable bonds is 12. The first-order valence-electron chi connectivity index (χ1n) is 12.4. The summed E-state index contributed by atoms with van der Waals surface area (Å²) in [7, 11) is 0. The minimum absolute atomic E-state index is 0.0104. The molecule has 0 aromatic heterocycles. The van der Waals surface area contributed by atoms with Crippen LogP contribution in [0.4, 0.5) is 14.4 Å². The first-order valence-corrected chi connectivity index (χ1v) is 12.4. The predicted molar refractivity (Wildman–Crippen MR) is 135 cm³/mol. The molecule has 0 unspecified atom stereocenters. The highest BCUT2D eigenvalue weighted by atomic mass is 16.8. The molecule has 0 aliphatic rings. The summed E-state index contributed by atoms with van der Waals surface area (Å²) < 4.78 is 35.7. The third-order valence-electron chi connectivity index (χ3n) is 4.60. The molecular formula is C26H39NO11. The van der Waals surface area contributed by atoms with Crippen molar-refractivity contribution in [1.29, 1.82) is 0 Å². The van der Waals surface area contributed by atoms with E-state index >= 15 is 0 Å². The summed E-state index contributed by atoms with van der Waals surface area (Å²) in [6.45, 7) is 13.7. The summed E-state index contributed by atoms with van der Waals surface area (Å²) in [5.74, 6) is -0.830. The lowest BCUT2D eigenvalue weighted by Gasteiger charge is -2.22. The van der Waals surface area contributed by atoms with E-state index < -0.39 is 54.9 Å². The molecule has 0 saturated carbocycles. The lowest BCUT2D eigenvalue weighted by molar-refractivity contribution is -0.155. The summed E-state index contributed by atoms with van der Waals surface area (Å²) in [6, 6.07) is 3.18. The lowest BCUT2D eigenvalue weighted by atomic mass is 10.1. The van der Waals surface area contributed by atoms with Crippen molar-refractivity contribution >= 4 is 24.4 Å². The van der Waals surface area contributed by atoms with Crippen LogP contribution in [0.2, 0.25) is 0 Å². The Morgan fingerprint density at radius 1 is 0.711 bits per heavy atom. The molecule has 214 valence electrons. The highest BCUT2D eigenvalue weighted by Gasteiger charge is 2.26. The average Bonchev–Trinajstić information content (AvgIpc) is 2.78. The van der Waals surface area contributed by atoms with Gasteiger partial charge in [0.25, 0.3) is 0 Å². The number of carbonyl (C=O) groups excluding carboxylic acids is 4. The number of carbonyl (C=O) groups is 4. The zero-order valence-corrected chi connectivity index (χ0v) is 23.2. The van der Waals surface area contributed by atoms with Gasteiger partial charge in [-0.3, -0.25) is 4.79 Å². The number of nitrogens with two attached hydrogens (primary N) is 1. The minimum Gasteiger partial charge on any atom is -0.458 e. The SMILES string of the molecule is CC(C)COC(=O)O[C@@H](C)[C@H](C)OC(=O)[C@@H](N)Cc1ccc(OC(=O)OC(C)C)c(OC(=O)OC(C)C)c1. The molecule has 3 atom stereocenters. The molecule has 0 radical (unpaired) electrons. The maximum absolute atomic E-state index is 12.6. The van der Waals surface area contributed by atoms with Gasteiger partial charge in [-0.2, -0.15) is 0 Å². The second-order valence-electron chi connectivity index (χ2n) is 9.55. The fourth-order valence-electron chi connectivity index (χ4n) is 2.68. The molecule has 0 saturated heterocycles. The smallest absolute Gasteiger partial charge is 0.458 e. The van der Waals surface area contributed by atoms with Gasteiger partial charge >= 0.3 is 24.4 Å². The van der Waals surface area contributed by atoms with Crippen LogP contribution in [0.3, 0.4) is 0 Å². The molecule has 1 aromatic carbocycles. The Morgan fingerprint density at radius 2 is 1.24 bits per heavy atom. The second kappa shape index (κ2) is 15.7. The molecule has 12 heteroatoms. The van der Waals surface area contributed by atoms with E-state index in [1.165, 1.54) is 18.2 Å². The van der Waals surface area contributed by atoms with Gasteiger partial charge in [-0.15, -0.1) is 0 Å². The molecule has 0 amide bonds.